The number of allylic oxidation sites excluding steroid dienone is 1. The molecule has 1 aliphatic carbocycles. The second kappa shape index (κ2) is 5.25. The molecule has 1 aliphatic rings. The molecule has 0 spiro atoms. The molecule has 0 aromatic rings. The molecule has 0 aromatic heterocycles. The van der Waals surface area contributed by atoms with Crippen LogP contribution in [-0.2, 0) is 0 Å². The Hall–Kier alpha value is -0.780. The summed E-state index contributed by atoms with van der Waals surface area (Å²) in [5.41, 5.74) is -1.09. The van der Waals surface area contributed by atoms with Gasteiger partial charge in [0.1, 0.15) is 5.60 Å². The Morgan fingerprint density at radius 1 is 1.41 bits per heavy atom. The van der Waals surface area contributed by atoms with Crippen molar-refractivity contribution in [3.63, 3.8) is 0 Å². The average Bonchev–Trinajstić information content (AvgIpc) is 2.21. The fraction of sp³-hybridized carbons (Fsp3) is 0.733. The monoisotopic (exact) mass is 236 g/mol. The zero-order valence-corrected chi connectivity index (χ0v) is 11.3. The smallest absolute Gasteiger partial charge is 0.133 e. The molecule has 2 nitrogen and oxygen atoms in total. The Labute approximate surface area is 105 Å². The topological polar surface area (TPSA) is 40.5 Å². The molecule has 17 heavy (non-hydrogen) atoms. The first-order chi connectivity index (χ1) is 7.79. The van der Waals surface area contributed by atoms with Crippen LogP contribution in [0, 0.1) is 23.2 Å². The highest BCUT2D eigenvalue weighted by molar-refractivity contribution is 5.27. The average molecular weight is 236 g/mol. The molecule has 3 atom stereocenters. The molecule has 0 amide bonds. The van der Waals surface area contributed by atoms with Gasteiger partial charge in [-0.2, -0.15) is 0 Å². The van der Waals surface area contributed by atoms with Crippen molar-refractivity contribution in [1.29, 1.82) is 0 Å². The van der Waals surface area contributed by atoms with Crippen LogP contribution in [0.1, 0.15) is 47.0 Å². The van der Waals surface area contributed by atoms with Gasteiger partial charge < -0.3 is 10.2 Å². The van der Waals surface area contributed by atoms with Crippen LogP contribution in [0.15, 0.2) is 12.2 Å². The molecule has 0 aliphatic heterocycles. The van der Waals surface area contributed by atoms with Crippen LogP contribution in [0.4, 0.5) is 0 Å². The molecular weight excluding hydrogens is 212 g/mol. The molecule has 0 saturated heterocycles. The van der Waals surface area contributed by atoms with Gasteiger partial charge >= 0.3 is 0 Å². The van der Waals surface area contributed by atoms with Crippen LogP contribution in [0.3, 0.4) is 0 Å². The van der Waals surface area contributed by atoms with Crippen molar-refractivity contribution in [1.82, 2.24) is 0 Å². The van der Waals surface area contributed by atoms with Gasteiger partial charge in [-0.15, -0.1) is 0 Å². The first-order valence-electron chi connectivity index (χ1n) is 6.39. The Bertz CT molecular complexity index is 344. The molecule has 1 fully saturated rings. The molecule has 2 heteroatoms. The van der Waals surface area contributed by atoms with E-state index in [4.69, 9.17) is 5.11 Å². The molecule has 96 valence electrons. The van der Waals surface area contributed by atoms with Crippen LogP contribution in [0.25, 0.3) is 0 Å². The van der Waals surface area contributed by atoms with E-state index >= 15 is 0 Å². The third-order valence-electron chi connectivity index (χ3n) is 3.90. The summed E-state index contributed by atoms with van der Waals surface area (Å²) >= 11 is 0. The number of hydrogen-bond acceptors (Lipinski definition) is 2. The second-order valence-corrected chi connectivity index (χ2v) is 5.81. The third-order valence-corrected chi connectivity index (χ3v) is 3.90. The minimum absolute atomic E-state index is 0.170. The predicted molar refractivity (Wildman–Crippen MR) is 70.3 cm³/mol. The van der Waals surface area contributed by atoms with Gasteiger partial charge in [0.15, 0.2) is 0 Å². The van der Waals surface area contributed by atoms with Crippen LogP contribution in [0.5, 0.6) is 0 Å². The van der Waals surface area contributed by atoms with Gasteiger partial charge in [-0.25, -0.2) is 0 Å². The summed E-state index contributed by atoms with van der Waals surface area (Å²) in [7, 11) is 0. The van der Waals surface area contributed by atoms with Gasteiger partial charge in [0.05, 0.1) is 6.10 Å². The highest BCUT2D eigenvalue weighted by atomic mass is 16.3. The van der Waals surface area contributed by atoms with Gasteiger partial charge in [-0.3, -0.25) is 0 Å². The number of hydrogen-bond donors (Lipinski definition) is 2. The van der Waals surface area contributed by atoms with Gasteiger partial charge in [0, 0.05) is 5.41 Å². The Balaban J connectivity index is 2.90. The van der Waals surface area contributed by atoms with Crippen LogP contribution in [0.2, 0.25) is 0 Å². The maximum atomic E-state index is 10.8. The van der Waals surface area contributed by atoms with Crippen LogP contribution in [-0.4, -0.2) is 21.9 Å². The normalized spacial score (nSPS) is 34.1. The van der Waals surface area contributed by atoms with Crippen molar-refractivity contribution < 1.29 is 10.2 Å². The van der Waals surface area contributed by atoms with Crippen molar-refractivity contribution in [2.45, 2.75) is 58.7 Å². The molecule has 0 heterocycles. The molecule has 0 aromatic carbocycles. The first-order valence-corrected chi connectivity index (χ1v) is 6.39. The van der Waals surface area contributed by atoms with Crippen molar-refractivity contribution in [2.75, 3.05) is 0 Å². The minimum atomic E-state index is -0.922. The lowest BCUT2D eigenvalue weighted by Crippen LogP contribution is -2.51. The molecule has 2 N–H and O–H groups in total. The molecule has 3 unspecified atom stereocenters. The van der Waals surface area contributed by atoms with Crippen molar-refractivity contribution >= 4 is 0 Å². The fourth-order valence-electron chi connectivity index (χ4n) is 2.55. The SMILES string of the molecule is CC(O)C=CC#CC1(O)C(C)CCCC1(C)C. The van der Waals surface area contributed by atoms with Crippen molar-refractivity contribution in [2.24, 2.45) is 11.3 Å². The predicted octanol–water partition coefficient (Wildman–Crippen LogP) is 2.50. The summed E-state index contributed by atoms with van der Waals surface area (Å²) < 4.78 is 0. The Kier molecular flexibility index (Phi) is 4.41. The standard InChI is InChI=1S/C15H24O2/c1-12-8-7-10-14(3,4)15(12,17)11-6-5-9-13(2)16/h5,9,12-13,16-17H,7-8,10H2,1-4H3. The molecule has 0 bridgehead atoms. The molecule has 1 saturated carbocycles. The van der Waals surface area contributed by atoms with E-state index in [2.05, 4.69) is 32.6 Å². The third kappa shape index (κ3) is 3.12. The highest BCUT2D eigenvalue weighted by Crippen LogP contribution is 2.46. The van der Waals surface area contributed by atoms with E-state index in [-0.39, 0.29) is 11.3 Å². The largest absolute Gasteiger partial charge is 0.389 e. The van der Waals surface area contributed by atoms with E-state index < -0.39 is 11.7 Å². The van der Waals surface area contributed by atoms with Gasteiger partial charge in [-0.1, -0.05) is 39.0 Å². The molecular formula is C15H24O2. The zero-order valence-electron chi connectivity index (χ0n) is 11.3. The Morgan fingerprint density at radius 2 is 2.06 bits per heavy atom. The van der Waals surface area contributed by atoms with Crippen LogP contribution < -0.4 is 0 Å². The highest BCUT2D eigenvalue weighted by Gasteiger charge is 2.48. The van der Waals surface area contributed by atoms with Crippen molar-refractivity contribution in [3.8, 4) is 11.8 Å². The number of rotatable bonds is 1. The zero-order chi connectivity index (χ0) is 13.1. The van der Waals surface area contributed by atoms with E-state index in [0.717, 1.165) is 19.3 Å². The van der Waals surface area contributed by atoms with Gasteiger partial charge in [-0.05, 0) is 37.8 Å². The molecule has 1 rings (SSSR count). The summed E-state index contributed by atoms with van der Waals surface area (Å²) in [6, 6.07) is 0. The maximum Gasteiger partial charge on any atom is 0.133 e. The quantitative estimate of drug-likeness (QED) is 0.687. The second-order valence-electron chi connectivity index (χ2n) is 5.81. The number of aliphatic hydroxyl groups excluding tert-OH is 1. The summed E-state index contributed by atoms with van der Waals surface area (Å²) in [5, 5.41) is 19.9. The molecule has 0 radical (unpaired) electrons. The van der Waals surface area contributed by atoms with E-state index in [1.54, 1.807) is 19.1 Å². The lowest BCUT2D eigenvalue weighted by molar-refractivity contribution is -0.0860. The van der Waals surface area contributed by atoms with E-state index in [0.29, 0.717) is 0 Å². The summed E-state index contributed by atoms with van der Waals surface area (Å²) in [6.07, 6.45) is 5.94. The number of aliphatic hydroxyl groups is 2. The summed E-state index contributed by atoms with van der Waals surface area (Å²) in [5.74, 6) is 6.07. The lowest BCUT2D eigenvalue weighted by Gasteiger charge is -2.47. The minimum Gasteiger partial charge on any atom is -0.389 e. The van der Waals surface area contributed by atoms with Crippen molar-refractivity contribution in [3.05, 3.63) is 12.2 Å². The van der Waals surface area contributed by atoms with E-state index in [1.165, 1.54) is 0 Å². The summed E-state index contributed by atoms with van der Waals surface area (Å²) in [4.78, 5) is 0. The van der Waals surface area contributed by atoms with Gasteiger partial charge in [0.25, 0.3) is 0 Å². The maximum absolute atomic E-state index is 10.8. The fourth-order valence-corrected chi connectivity index (χ4v) is 2.55. The summed E-state index contributed by atoms with van der Waals surface area (Å²) in [6.45, 7) is 7.90. The van der Waals surface area contributed by atoms with Gasteiger partial charge in [0.2, 0.25) is 0 Å². The van der Waals surface area contributed by atoms with Crippen LogP contribution >= 0.6 is 0 Å². The van der Waals surface area contributed by atoms with E-state index in [1.807, 2.05) is 0 Å². The lowest BCUT2D eigenvalue weighted by atomic mass is 9.61. The van der Waals surface area contributed by atoms with E-state index in [9.17, 15) is 5.11 Å². The Morgan fingerprint density at radius 3 is 2.59 bits per heavy atom. The first kappa shape index (κ1) is 14.3.